The predicted molar refractivity (Wildman–Crippen MR) is 93.4 cm³/mol. The van der Waals surface area contributed by atoms with Crippen LogP contribution in [-0.2, 0) is 4.79 Å². The topological polar surface area (TPSA) is 51.1 Å². The van der Waals surface area contributed by atoms with Gasteiger partial charge >= 0.3 is 0 Å². The Morgan fingerprint density at radius 2 is 1.75 bits per heavy atom. The molecule has 0 saturated carbocycles. The zero-order chi connectivity index (χ0) is 17.3. The summed E-state index contributed by atoms with van der Waals surface area (Å²) in [7, 11) is 3.25. The van der Waals surface area contributed by atoms with Gasteiger partial charge in [0, 0.05) is 17.5 Å². The Morgan fingerprint density at radius 3 is 2.38 bits per heavy atom. The summed E-state index contributed by atoms with van der Waals surface area (Å²) in [6.07, 6.45) is 5.87. The average molecular weight is 328 g/mol. The second-order valence-electron chi connectivity index (χ2n) is 6.49. The molecule has 1 aliphatic carbocycles. The Hall–Kier alpha value is -2.30. The van der Waals surface area contributed by atoms with E-state index in [4.69, 9.17) is 14.6 Å². The first-order valence-corrected chi connectivity index (χ1v) is 8.35. The van der Waals surface area contributed by atoms with E-state index in [1.54, 1.807) is 19.2 Å². The number of methoxy groups -OCH3 is 2. The number of allylic oxidation sites excluding steroid dienone is 2. The molecular formula is C19H24N2O3. The normalized spacial score (nSPS) is 23.1. The summed E-state index contributed by atoms with van der Waals surface area (Å²) in [4.78, 5) is 12.7. The lowest BCUT2D eigenvalue weighted by atomic mass is 9.76. The molecule has 0 spiro atoms. The maximum Gasteiger partial charge on any atom is 0.247 e. The summed E-state index contributed by atoms with van der Waals surface area (Å²) in [6, 6.07) is 5.87. The zero-order valence-electron chi connectivity index (χ0n) is 14.7. The van der Waals surface area contributed by atoms with Gasteiger partial charge in [-0.3, -0.25) is 4.79 Å². The number of benzene rings is 1. The van der Waals surface area contributed by atoms with Crippen LogP contribution in [0.25, 0.3) is 0 Å². The summed E-state index contributed by atoms with van der Waals surface area (Å²) in [5.74, 6) is 1.58. The van der Waals surface area contributed by atoms with E-state index in [0.717, 1.165) is 24.1 Å². The van der Waals surface area contributed by atoms with Crippen molar-refractivity contribution < 1.29 is 14.3 Å². The molecule has 0 bridgehead atoms. The first kappa shape index (κ1) is 16.6. The van der Waals surface area contributed by atoms with Gasteiger partial charge in [-0.1, -0.05) is 12.2 Å². The van der Waals surface area contributed by atoms with E-state index in [1.807, 2.05) is 32.0 Å². The summed E-state index contributed by atoms with van der Waals surface area (Å²) in [6.45, 7) is 3.99. The highest BCUT2D eigenvalue weighted by molar-refractivity contribution is 6.07. The van der Waals surface area contributed by atoms with Crippen molar-refractivity contribution in [3.05, 3.63) is 35.9 Å². The monoisotopic (exact) mass is 328 g/mol. The Labute approximate surface area is 142 Å². The van der Waals surface area contributed by atoms with E-state index in [2.05, 4.69) is 12.2 Å². The minimum Gasteiger partial charge on any atom is -0.493 e. The Bertz CT molecular complexity index is 694. The van der Waals surface area contributed by atoms with Crippen LogP contribution in [0.5, 0.6) is 11.5 Å². The third-order valence-electron chi connectivity index (χ3n) is 4.71. The molecule has 3 rings (SSSR count). The minimum absolute atomic E-state index is 0.0296. The van der Waals surface area contributed by atoms with Gasteiger partial charge in [0.1, 0.15) is 0 Å². The fraction of sp³-hybridized carbons (Fsp3) is 0.474. The maximum atomic E-state index is 12.7. The highest BCUT2D eigenvalue weighted by atomic mass is 16.5. The number of carbonyl (C=O) groups is 1. The van der Waals surface area contributed by atoms with Gasteiger partial charge in [0.25, 0.3) is 0 Å². The highest BCUT2D eigenvalue weighted by Crippen LogP contribution is 2.37. The van der Waals surface area contributed by atoms with E-state index >= 15 is 0 Å². The molecule has 1 aliphatic heterocycles. The third kappa shape index (κ3) is 2.79. The van der Waals surface area contributed by atoms with Crippen LogP contribution >= 0.6 is 0 Å². The lowest BCUT2D eigenvalue weighted by molar-refractivity contribution is -0.139. The summed E-state index contributed by atoms with van der Waals surface area (Å²) in [5, 5.41) is 6.35. The molecule has 24 heavy (non-hydrogen) atoms. The molecule has 0 radical (unpaired) electrons. The Kier molecular flexibility index (Phi) is 4.60. The Morgan fingerprint density at radius 1 is 1.08 bits per heavy atom. The molecule has 0 unspecified atom stereocenters. The minimum atomic E-state index is -0.0296. The quantitative estimate of drug-likeness (QED) is 0.797. The maximum absolute atomic E-state index is 12.7. The van der Waals surface area contributed by atoms with Gasteiger partial charge in [-0.2, -0.15) is 5.10 Å². The number of hydrogen-bond donors (Lipinski definition) is 0. The first-order valence-electron chi connectivity index (χ1n) is 8.35. The number of carbonyl (C=O) groups excluding carboxylic acids is 1. The molecule has 5 heteroatoms. The molecule has 1 heterocycles. The van der Waals surface area contributed by atoms with Crippen molar-refractivity contribution in [2.75, 3.05) is 14.2 Å². The van der Waals surface area contributed by atoms with Crippen molar-refractivity contribution in [1.29, 1.82) is 0 Å². The number of ether oxygens (including phenoxy) is 2. The number of hydrogen-bond acceptors (Lipinski definition) is 4. The zero-order valence-corrected chi connectivity index (χ0v) is 14.7. The SMILES string of the molecule is COc1ccc(C2=NN(C(C)C)C(=O)[C@H]3CC=CC[C@@H]23)cc1OC. The van der Waals surface area contributed by atoms with E-state index in [0.29, 0.717) is 11.5 Å². The van der Waals surface area contributed by atoms with Crippen molar-refractivity contribution in [2.45, 2.75) is 32.7 Å². The summed E-state index contributed by atoms with van der Waals surface area (Å²) >= 11 is 0. The van der Waals surface area contributed by atoms with Gasteiger partial charge in [-0.05, 0) is 44.9 Å². The van der Waals surface area contributed by atoms with E-state index in [9.17, 15) is 4.79 Å². The summed E-state index contributed by atoms with van der Waals surface area (Å²) in [5.41, 5.74) is 1.94. The first-order chi connectivity index (χ1) is 11.6. The van der Waals surface area contributed by atoms with Gasteiger partial charge in [0.2, 0.25) is 5.91 Å². The molecule has 0 aromatic heterocycles. The van der Waals surface area contributed by atoms with Gasteiger partial charge in [0.05, 0.1) is 25.8 Å². The van der Waals surface area contributed by atoms with Gasteiger partial charge in [-0.15, -0.1) is 0 Å². The molecule has 0 N–H and O–H groups in total. The van der Waals surface area contributed by atoms with Gasteiger partial charge in [0.15, 0.2) is 11.5 Å². The van der Waals surface area contributed by atoms with Crippen LogP contribution in [0.15, 0.2) is 35.5 Å². The molecule has 0 saturated heterocycles. The van der Waals surface area contributed by atoms with Gasteiger partial charge < -0.3 is 9.47 Å². The van der Waals surface area contributed by atoms with Crippen molar-refractivity contribution >= 4 is 11.6 Å². The molecule has 1 amide bonds. The van der Waals surface area contributed by atoms with E-state index < -0.39 is 0 Å². The van der Waals surface area contributed by atoms with Crippen LogP contribution in [0.2, 0.25) is 0 Å². The van der Waals surface area contributed by atoms with E-state index in [1.165, 1.54) is 0 Å². The fourth-order valence-corrected chi connectivity index (χ4v) is 3.44. The van der Waals surface area contributed by atoms with Crippen molar-refractivity contribution in [1.82, 2.24) is 5.01 Å². The molecule has 1 aromatic carbocycles. The third-order valence-corrected chi connectivity index (χ3v) is 4.71. The molecule has 2 aliphatic rings. The second kappa shape index (κ2) is 6.67. The van der Waals surface area contributed by atoms with Crippen LogP contribution in [0, 0.1) is 11.8 Å². The highest BCUT2D eigenvalue weighted by Gasteiger charge is 2.40. The molecular weight excluding hydrogens is 304 g/mol. The lowest BCUT2D eigenvalue weighted by Crippen LogP contribution is -2.47. The predicted octanol–water partition coefficient (Wildman–Crippen LogP) is 3.24. The van der Waals surface area contributed by atoms with Crippen LogP contribution in [-0.4, -0.2) is 36.9 Å². The van der Waals surface area contributed by atoms with Crippen LogP contribution in [0.4, 0.5) is 0 Å². The number of fused-ring (bicyclic) bond motifs is 1. The average Bonchev–Trinajstić information content (AvgIpc) is 2.61. The molecule has 0 fully saturated rings. The van der Waals surface area contributed by atoms with Crippen molar-refractivity contribution in [3.8, 4) is 11.5 Å². The Balaban J connectivity index is 2.07. The van der Waals surface area contributed by atoms with Crippen molar-refractivity contribution in [3.63, 3.8) is 0 Å². The summed E-state index contributed by atoms with van der Waals surface area (Å²) < 4.78 is 10.7. The lowest BCUT2D eigenvalue weighted by Gasteiger charge is -2.38. The van der Waals surface area contributed by atoms with Crippen LogP contribution in [0.3, 0.4) is 0 Å². The number of amides is 1. The number of nitrogens with zero attached hydrogens (tertiary/aromatic N) is 2. The fourth-order valence-electron chi connectivity index (χ4n) is 3.44. The molecule has 5 nitrogen and oxygen atoms in total. The second-order valence-corrected chi connectivity index (χ2v) is 6.49. The molecule has 128 valence electrons. The smallest absolute Gasteiger partial charge is 0.247 e. The van der Waals surface area contributed by atoms with Gasteiger partial charge in [-0.25, -0.2) is 5.01 Å². The van der Waals surface area contributed by atoms with Crippen LogP contribution < -0.4 is 9.47 Å². The van der Waals surface area contributed by atoms with Crippen LogP contribution in [0.1, 0.15) is 32.3 Å². The molecule has 2 atom stereocenters. The molecule has 1 aromatic rings. The van der Waals surface area contributed by atoms with E-state index in [-0.39, 0.29) is 23.8 Å². The number of rotatable bonds is 4. The standard InChI is InChI=1S/C19H24N2O3/c1-12(2)21-19(22)15-8-6-5-7-14(15)18(20-21)13-9-10-16(23-3)17(11-13)24-4/h5-6,9-12,14-15H,7-8H2,1-4H3/t14-,15+/m1/s1. The largest absolute Gasteiger partial charge is 0.493 e. The van der Waals surface area contributed by atoms with Crippen molar-refractivity contribution in [2.24, 2.45) is 16.9 Å². The number of hydrazone groups is 1.